The molecular weight excluding hydrogens is 151 g/mol. The van der Waals surface area contributed by atoms with Crippen LogP contribution in [-0.4, -0.2) is 17.5 Å². The zero-order chi connectivity index (χ0) is 7.82. The van der Waals surface area contributed by atoms with E-state index < -0.39 is 0 Å². The van der Waals surface area contributed by atoms with E-state index in [1.807, 2.05) is 6.92 Å². The van der Waals surface area contributed by atoms with Gasteiger partial charge in [-0.2, -0.15) is 0 Å². The molecule has 0 fully saturated rings. The van der Waals surface area contributed by atoms with Crippen molar-refractivity contribution < 1.29 is 9.18 Å². The quantitative estimate of drug-likeness (QED) is 0.580. The molecule has 10 heavy (non-hydrogen) atoms. The molecule has 0 aromatic heterocycles. The van der Waals surface area contributed by atoms with Crippen LogP contribution in [0, 0.1) is 0 Å². The molecule has 0 heterocycles. The summed E-state index contributed by atoms with van der Waals surface area (Å²) in [6.45, 7) is 1.57. The molecule has 0 aliphatic carbocycles. The second-order valence-corrected chi connectivity index (χ2v) is 3.12. The van der Waals surface area contributed by atoms with Crippen LogP contribution in [0.5, 0.6) is 0 Å². The van der Waals surface area contributed by atoms with E-state index in [0.29, 0.717) is 12.8 Å². The molecule has 0 saturated carbocycles. The second-order valence-electron chi connectivity index (χ2n) is 1.97. The number of hydrogen-bond donors (Lipinski definition) is 0. The Hall–Kier alpha value is -0.0500. The van der Waals surface area contributed by atoms with Crippen molar-refractivity contribution in [3.63, 3.8) is 0 Å². The molecule has 0 aromatic carbocycles. The molecule has 0 unspecified atom stereocenters. The Morgan fingerprint density at radius 3 is 2.70 bits per heavy atom. The van der Waals surface area contributed by atoms with Crippen molar-refractivity contribution in [2.75, 3.05) is 12.4 Å². The largest absolute Gasteiger partial charge is 0.287 e. The van der Waals surface area contributed by atoms with E-state index in [1.165, 1.54) is 11.8 Å². The van der Waals surface area contributed by atoms with E-state index in [9.17, 15) is 9.18 Å². The molecule has 0 spiro atoms. The van der Waals surface area contributed by atoms with Crippen LogP contribution >= 0.6 is 11.8 Å². The van der Waals surface area contributed by atoms with Crippen LogP contribution in [0.1, 0.15) is 26.2 Å². The molecule has 0 N–H and O–H groups in total. The van der Waals surface area contributed by atoms with Gasteiger partial charge < -0.3 is 0 Å². The summed E-state index contributed by atoms with van der Waals surface area (Å²) in [4.78, 5) is 10.6. The van der Waals surface area contributed by atoms with E-state index in [2.05, 4.69) is 0 Å². The zero-order valence-electron chi connectivity index (χ0n) is 6.23. The number of alkyl halides is 1. The molecule has 0 radical (unpaired) electrons. The third kappa shape index (κ3) is 6.08. The van der Waals surface area contributed by atoms with Gasteiger partial charge in [-0.15, -0.1) is 0 Å². The summed E-state index contributed by atoms with van der Waals surface area (Å²) >= 11 is 1.31. The molecule has 0 bridgehead atoms. The Morgan fingerprint density at radius 2 is 2.20 bits per heavy atom. The normalized spacial score (nSPS) is 9.80. The van der Waals surface area contributed by atoms with Crippen molar-refractivity contribution >= 4 is 16.9 Å². The van der Waals surface area contributed by atoms with Crippen molar-refractivity contribution in [1.82, 2.24) is 0 Å². The van der Waals surface area contributed by atoms with Gasteiger partial charge in [0.1, 0.15) is 0 Å². The molecular formula is C7H13FOS. The van der Waals surface area contributed by atoms with Gasteiger partial charge in [0.25, 0.3) is 0 Å². The first-order valence-corrected chi connectivity index (χ1v) is 4.51. The lowest BCUT2D eigenvalue weighted by Crippen LogP contribution is -1.90. The highest BCUT2D eigenvalue weighted by Gasteiger charge is 1.96. The molecule has 1 nitrogen and oxygen atoms in total. The van der Waals surface area contributed by atoms with Crippen molar-refractivity contribution in [2.24, 2.45) is 0 Å². The van der Waals surface area contributed by atoms with Gasteiger partial charge in [0.2, 0.25) is 0 Å². The average molecular weight is 164 g/mol. The van der Waals surface area contributed by atoms with Crippen molar-refractivity contribution in [3.05, 3.63) is 0 Å². The second kappa shape index (κ2) is 7.06. The van der Waals surface area contributed by atoms with E-state index in [1.54, 1.807) is 0 Å². The highest BCUT2D eigenvalue weighted by Crippen LogP contribution is 2.07. The van der Waals surface area contributed by atoms with Crippen molar-refractivity contribution in [2.45, 2.75) is 26.2 Å². The standard InChI is InChI=1S/C7H13FOS/c1-2-7(9)10-6-4-3-5-8/h2-6H2,1H3. The molecule has 60 valence electrons. The maximum atomic E-state index is 11.5. The van der Waals surface area contributed by atoms with Crippen molar-refractivity contribution in [1.29, 1.82) is 0 Å². The Bertz CT molecular complexity index is 95.6. The number of halogens is 1. The molecule has 3 heteroatoms. The Labute approximate surface area is 65.4 Å². The summed E-state index contributed by atoms with van der Waals surface area (Å²) in [7, 11) is 0. The smallest absolute Gasteiger partial charge is 0.188 e. The van der Waals surface area contributed by atoms with Gasteiger partial charge in [-0.3, -0.25) is 9.18 Å². The minimum absolute atomic E-state index is 0.207. The molecule has 0 aliphatic heterocycles. The fourth-order valence-corrected chi connectivity index (χ4v) is 1.26. The zero-order valence-corrected chi connectivity index (χ0v) is 7.05. The summed E-state index contributed by atoms with van der Waals surface area (Å²) in [5.74, 6) is 0.774. The van der Waals surface area contributed by atoms with E-state index >= 15 is 0 Å². The molecule has 0 amide bonds. The maximum Gasteiger partial charge on any atom is 0.188 e. The highest BCUT2D eigenvalue weighted by molar-refractivity contribution is 8.13. The summed E-state index contributed by atoms with van der Waals surface area (Å²) in [6.07, 6.45) is 1.98. The molecule has 0 rings (SSSR count). The number of hydrogen-bond acceptors (Lipinski definition) is 2. The number of rotatable bonds is 5. The van der Waals surface area contributed by atoms with Gasteiger partial charge >= 0.3 is 0 Å². The minimum atomic E-state index is -0.263. The number of thioether (sulfide) groups is 1. The topological polar surface area (TPSA) is 17.1 Å². The van der Waals surface area contributed by atoms with Gasteiger partial charge in [0.15, 0.2) is 5.12 Å². The fourth-order valence-electron chi connectivity index (χ4n) is 0.485. The van der Waals surface area contributed by atoms with Gasteiger partial charge in [0.05, 0.1) is 6.67 Å². The SMILES string of the molecule is CCC(=O)SCCCCF. The van der Waals surface area contributed by atoms with E-state index in [4.69, 9.17) is 0 Å². The van der Waals surface area contributed by atoms with Crippen LogP contribution in [0.4, 0.5) is 4.39 Å². The predicted octanol–water partition coefficient (Wildman–Crippen LogP) is 2.41. The Kier molecular flexibility index (Phi) is 7.03. The van der Waals surface area contributed by atoms with E-state index in [-0.39, 0.29) is 11.8 Å². The lowest BCUT2D eigenvalue weighted by molar-refractivity contribution is -0.110. The lowest BCUT2D eigenvalue weighted by Gasteiger charge is -1.94. The van der Waals surface area contributed by atoms with Gasteiger partial charge in [-0.05, 0) is 12.8 Å². The lowest BCUT2D eigenvalue weighted by atomic mass is 10.4. The molecule has 0 atom stereocenters. The fraction of sp³-hybridized carbons (Fsp3) is 0.857. The highest BCUT2D eigenvalue weighted by atomic mass is 32.2. The van der Waals surface area contributed by atoms with Crippen LogP contribution < -0.4 is 0 Å². The number of unbranched alkanes of at least 4 members (excludes halogenated alkanes) is 1. The summed E-state index contributed by atoms with van der Waals surface area (Å²) in [6, 6.07) is 0. The molecule has 0 aromatic rings. The van der Waals surface area contributed by atoms with Crippen LogP contribution in [-0.2, 0) is 4.79 Å². The predicted molar refractivity (Wildman–Crippen MR) is 43.0 cm³/mol. The minimum Gasteiger partial charge on any atom is -0.287 e. The monoisotopic (exact) mass is 164 g/mol. The van der Waals surface area contributed by atoms with Gasteiger partial charge in [-0.25, -0.2) is 0 Å². The van der Waals surface area contributed by atoms with E-state index in [0.717, 1.165) is 12.2 Å². The third-order valence-electron chi connectivity index (χ3n) is 1.08. The summed E-state index contributed by atoms with van der Waals surface area (Å²) in [5.41, 5.74) is 0. The summed E-state index contributed by atoms with van der Waals surface area (Å²) in [5, 5.41) is 0.207. The molecule has 0 aliphatic rings. The van der Waals surface area contributed by atoms with Crippen LogP contribution in [0.3, 0.4) is 0 Å². The van der Waals surface area contributed by atoms with Crippen molar-refractivity contribution in [3.8, 4) is 0 Å². The van der Waals surface area contributed by atoms with Crippen LogP contribution in [0.2, 0.25) is 0 Å². The number of carbonyl (C=O) groups excluding carboxylic acids is 1. The van der Waals surface area contributed by atoms with Crippen LogP contribution in [0.25, 0.3) is 0 Å². The maximum absolute atomic E-state index is 11.5. The Morgan fingerprint density at radius 1 is 1.50 bits per heavy atom. The van der Waals surface area contributed by atoms with Gasteiger partial charge in [0, 0.05) is 12.2 Å². The first kappa shape index (κ1) is 9.95. The molecule has 0 saturated heterocycles. The first-order chi connectivity index (χ1) is 4.81. The third-order valence-corrected chi connectivity index (χ3v) is 2.18. The van der Waals surface area contributed by atoms with Crippen LogP contribution in [0.15, 0.2) is 0 Å². The van der Waals surface area contributed by atoms with Gasteiger partial charge in [-0.1, -0.05) is 18.7 Å². The first-order valence-electron chi connectivity index (χ1n) is 3.52. The Balaban J connectivity index is 2.96. The number of carbonyl (C=O) groups is 1. The summed E-state index contributed by atoms with van der Waals surface area (Å²) < 4.78 is 11.5. The average Bonchev–Trinajstić information content (AvgIpc) is 1.98.